The molecule has 0 amide bonds. The van der Waals surface area contributed by atoms with E-state index in [1.807, 2.05) is 62.4 Å². The third kappa shape index (κ3) is 4.40. The van der Waals surface area contributed by atoms with Gasteiger partial charge in [0.2, 0.25) is 0 Å². The van der Waals surface area contributed by atoms with E-state index in [0.717, 1.165) is 27.9 Å². The van der Waals surface area contributed by atoms with Crippen molar-refractivity contribution in [3.63, 3.8) is 0 Å². The number of fused-ring (bicyclic) bond motifs is 1. The molecule has 5 rings (SSSR count). The zero-order chi connectivity index (χ0) is 26.1. The summed E-state index contributed by atoms with van der Waals surface area (Å²) in [4.78, 5) is 22.2. The maximum Gasteiger partial charge on any atom is 0.263 e. The molecule has 2 heterocycles. The second-order valence-electron chi connectivity index (χ2n) is 8.86. The largest absolute Gasteiger partial charge is 0.508 e. The smallest absolute Gasteiger partial charge is 0.263 e. The quantitative estimate of drug-likeness (QED) is 0.255. The standard InChI is InChI=1S/C29H26N6O2/c1-17-7-3-4-12-23(17)35-21(13-19-9-5-8-18(2)24(19)29(35)37)15-32-28-25(27(31)33-16-34-28)26(30)20-10-6-11-22(36)14-20/h3-14,16,30,36H,15H2,1-2H3,(H3,31,32,33,34). The Labute approximate surface area is 213 Å². The number of nitrogen functional groups attached to an aromatic ring is 1. The summed E-state index contributed by atoms with van der Waals surface area (Å²) >= 11 is 0. The fraction of sp³-hybridized carbons (Fsp3) is 0.103. The lowest BCUT2D eigenvalue weighted by Crippen LogP contribution is -2.25. The van der Waals surface area contributed by atoms with E-state index in [0.29, 0.717) is 22.3 Å². The highest BCUT2D eigenvalue weighted by atomic mass is 16.3. The molecule has 0 aliphatic carbocycles. The maximum absolute atomic E-state index is 13.8. The van der Waals surface area contributed by atoms with E-state index in [-0.39, 0.29) is 29.4 Å². The third-order valence-corrected chi connectivity index (χ3v) is 6.39. The Morgan fingerprint density at radius 2 is 1.76 bits per heavy atom. The summed E-state index contributed by atoms with van der Waals surface area (Å²) in [5, 5.41) is 23.4. The predicted octanol–water partition coefficient (Wildman–Crippen LogP) is 4.71. The highest BCUT2D eigenvalue weighted by Gasteiger charge is 2.19. The summed E-state index contributed by atoms with van der Waals surface area (Å²) in [6.45, 7) is 4.15. The Kier molecular flexibility index (Phi) is 6.15. The number of aromatic hydroxyl groups is 1. The van der Waals surface area contributed by atoms with Gasteiger partial charge >= 0.3 is 0 Å². The normalized spacial score (nSPS) is 11.0. The molecule has 2 aromatic heterocycles. The Bertz CT molecular complexity index is 1720. The molecule has 5 aromatic rings. The fourth-order valence-corrected chi connectivity index (χ4v) is 4.56. The van der Waals surface area contributed by atoms with Crippen molar-refractivity contribution >= 4 is 28.1 Å². The van der Waals surface area contributed by atoms with Gasteiger partial charge in [-0.3, -0.25) is 14.8 Å². The van der Waals surface area contributed by atoms with Gasteiger partial charge in [0.05, 0.1) is 28.9 Å². The molecule has 3 aromatic carbocycles. The molecule has 0 spiro atoms. The summed E-state index contributed by atoms with van der Waals surface area (Å²) < 4.78 is 1.72. The third-order valence-electron chi connectivity index (χ3n) is 6.39. The first kappa shape index (κ1) is 23.7. The lowest BCUT2D eigenvalue weighted by Gasteiger charge is -2.19. The predicted molar refractivity (Wildman–Crippen MR) is 147 cm³/mol. The van der Waals surface area contributed by atoms with Crippen LogP contribution < -0.4 is 16.6 Å². The first-order valence-corrected chi connectivity index (χ1v) is 11.8. The molecule has 0 radical (unpaired) electrons. The summed E-state index contributed by atoms with van der Waals surface area (Å²) in [5.74, 6) is 0.533. The van der Waals surface area contributed by atoms with Crippen LogP contribution in [-0.4, -0.2) is 25.4 Å². The van der Waals surface area contributed by atoms with Crippen LogP contribution in [0.5, 0.6) is 5.75 Å². The minimum Gasteiger partial charge on any atom is -0.508 e. The van der Waals surface area contributed by atoms with Crippen molar-refractivity contribution in [1.29, 1.82) is 5.41 Å². The Morgan fingerprint density at radius 1 is 1.00 bits per heavy atom. The number of anilines is 2. The van der Waals surface area contributed by atoms with Crippen molar-refractivity contribution < 1.29 is 5.11 Å². The number of pyridine rings is 1. The molecule has 0 bridgehead atoms. The summed E-state index contributed by atoms with van der Waals surface area (Å²) in [5.41, 5.74) is 10.3. The lowest BCUT2D eigenvalue weighted by molar-refractivity contribution is 0.475. The molecular weight excluding hydrogens is 464 g/mol. The first-order chi connectivity index (χ1) is 17.8. The van der Waals surface area contributed by atoms with E-state index in [4.69, 9.17) is 11.1 Å². The number of benzene rings is 3. The number of nitrogens with two attached hydrogens (primary N) is 1. The van der Waals surface area contributed by atoms with Crippen molar-refractivity contribution in [3.05, 3.63) is 117 Å². The van der Waals surface area contributed by atoms with Crippen LogP contribution in [0, 0.1) is 19.3 Å². The van der Waals surface area contributed by atoms with E-state index in [1.165, 1.54) is 18.5 Å². The molecule has 0 unspecified atom stereocenters. The molecule has 0 aliphatic heterocycles. The second-order valence-corrected chi connectivity index (χ2v) is 8.86. The van der Waals surface area contributed by atoms with Gasteiger partial charge in [-0.25, -0.2) is 9.97 Å². The number of hydrogen-bond acceptors (Lipinski definition) is 7. The maximum atomic E-state index is 13.8. The number of aromatic nitrogens is 3. The Hall–Kier alpha value is -4.98. The van der Waals surface area contributed by atoms with Crippen LogP contribution >= 0.6 is 0 Å². The van der Waals surface area contributed by atoms with Gasteiger partial charge in [-0.2, -0.15) is 0 Å². The van der Waals surface area contributed by atoms with Gasteiger partial charge in [-0.1, -0.05) is 48.5 Å². The number of rotatable bonds is 6. The molecule has 184 valence electrons. The molecule has 8 heteroatoms. The highest BCUT2D eigenvalue weighted by Crippen LogP contribution is 2.25. The number of nitrogens with one attached hydrogen (secondary N) is 2. The van der Waals surface area contributed by atoms with E-state index in [1.54, 1.807) is 16.7 Å². The molecule has 0 saturated heterocycles. The average Bonchev–Trinajstić information content (AvgIpc) is 2.88. The van der Waals surface area contributed by atoms with Gasteiger partial charge in [-0.05, 0) is 54.6 Å². The number of phenols is 1. The number of para-hydroxylation sites is 1. The molecule has 8 nitrogen and oxygen atoms in total. The van der Waals surface area contributed by atoms with Crippen LogP contribution in [0.25, 0.3) is 16.5 Å². The zero-order valence-electron chi connectivity index (χ0n) is 20.5. The topological polar surface area (TPSA) is 130 Å². The van der Waals surface area contributed by atoms with Crippen molar-refractivity contribution in [3.8, 4) is 11.4 Å². The van der Waals surface area contributed by atoms with Crippen molar-refractivity contribution in [2.75, 3.05) is 11.1 Å². The van der Waals surface area contributed by atoms with Gasteiger partial charge in [0.1, 0.15) is 23.7 Å². The lowest BCUT2D eigenvalue weighted by atomic mass is 10.0. The van der Waals surface area contributed by atoms with Gasteiger partial charge in [0, 0.05) is 11.3 Å². The van der Waals surface area contributed by atoms with E-state index in [2.05, 4.69) is 15.3 Å². The van der Waals surface area contributed by atoms with Crippen molar-refractivity contribution in [2.45, 2.75) is 20.4 Å². The average molecular weight is 491 g/mol. The van der Waals surface area contributed by atoms with E-state index in [9.17, 15) is 9.90 Å². The second kappa shape index (κ2) is 9.58. The van der Waals surface area contributed by atoms with E-state index >= 15 is 0 Å². The molecule has 0 aliphatic rings. The van der Waals surface area contributed by atoms with Crippen LogP contribution in [0.3, 0.4) is 0 Å². The van der Waals surface area contributed by atoms with Crippen molar-refractivity contribution in [2.24, 2.45) is 0 Å². The van der Waals surface area contributed by atoms with E-state index < -0.39 is 0 Å². The van der Waals surface area contributed by atoms with Gasteiger partial charge < -0.3 is 16.2 Å². The fourth-order valence-electron chi connectivity index (χ4n) is 4.56. The van der Waals surface area contributed by atoms with Crippen LogP contribution in [0.15, 0.2) is 83.9 Å². The molecule has 0 saturated carbocycles. The molecule has 5 N–H and O–H groups in total. The summed E-state index contributed by atoms with van der Waals surface area (Å²) in [7, 11) is 0. The first-order valence-electron chi connectivity index (χ1n) is 11.8. The number of hydrogen-bond donors (Lipinski definition) is 4. The van der Waals surface area contributed by atoms with Crippen LogP contribution in [-0.2, 0) is 6.54 Å². The summed E-state index contributed by atoms with van der Waals surface area (Å²) in [6.07, 6.45) is 1.33. The van der Waals surface area contributed by atoms with Gasteiger partial charge in [-0.15, -0.1) is 0 Å². The van der Waals surface area contributed by atoms with Gasteiger partial charge in [0.25, 0.3) is 5.56 Å². The monoisotopic (exact) mass is 490 g/mol. The molecule has 0 atom stereocenters. The molecule has 0 fully saturated rings. The van der Waals surface area contributed by atoms with Gasteiger partial charge in [0.15, 0.2) is 0 Å². The minimum atomic E-state index is -0.100. The molecular formula is C29H26N6O2. The number of phenolic OH excluding ortho intramolecular Hbond substituents is 1. The number of nitrogens with zero attached hydrogens (tertiary/aromatic N) is 3. The number of aryl methyl sites for hydroxylation is 2. The van der Waals surface area contributed by atoms with Crippen LogP contribution in [0.4, 0.5) is 11.6 Å². The minimum absolute atomic E-state index is 0.0425. The summed E-state index contributed by atoms with van der Waals surface area (Å²) in [6, 6.07) is 21.9. The Morgan fingerprint density at radius 3 is 2.54 bits per heavy atom. The van der Waals surface area contributed by atoms with Crippen LogP contribution in [0.1, 0.15) is 27.9 Å². The SMILES string of the molecule is Cc1ccccc1-n1c(CNc2ncnc(N)c2C(=N)c2cccc(O)c2)cc2cccc(C)c2c1=O. The Balaban J connectivity index is 1.62. The zero-order valence-corrected chi connectivity index (χ0v) is 20.5. The molecule has 37 heavy (non-hydrogen) atoms. The van der Waals surface area contributed by atoms with Crippen LogP contribution in [0.2, 0.25) is 0 Å². The highest BCUT2D eigenvalue weighted by molar-refractivity contribution is 6.16. The van der Waals surface area contributed by atoms with Crippen molar-refractivity contribution in [1.82, 2.24) is 14.5 Å².